The molecule has 2 rings (SSSR count). The van der Waals surface area contributed by atoms with E-state index in [4.69, 9.17) is 4.74 Å². The first kappa shape index (κ1) is 16.0. The van der Waals surface area contributed by atoms with Gasteiger partial charge in [-0.05, 0) is 57.0 Å². The molecular formula is C15H14Br2N2O2. The van der Waals surface area contributed by atoms with Gasteiger partial charge in [0.25, 0.3) is 0 Å². The minimum absolute atomic E-state index is 0.397. The predicted molar refractivity (Wildman–Crippen MR) is 89.2 cm³/mol. The highest BCUT2D eigenvalue weighted by Crippen LogP contribution is 2.28. The molecule has 6 heteroatoms. The molecule has 0 saturated carbocycles. The van der Waals surface area contributed by atoms with E-state index in [1.165, 1.54) is 7.11 Å². The highest BCUT2D eigenvalue weighted by molar-refractivity contribution is 9.11. The minimum Gasteiger partial charge on any atom is -0.467 e. The molecule has 0 aliphatic carbocycles. The van der Waals surface area contributed by atoms with Gasteiger partial charge in [-0.15, -0.1) is 0 Å². The van der Waals surface area contributed by atoms with Gasteiger partial charge in [-0.3, -0.25) is 4.98 Å². The first-order chi connectivity index (χ1) is 10.0. The second-order valence-electron chi connectivity index (χ2n) is 4.49. The zero-order valence-corrected chi connectivity index (χ0v) is 14.7. The Morgan fingerprint density at radius 3 is 2.52 bits per heavy atom. The van der Waals surface area contributed by atoms with E-state index in [0.717, 1.165) is 20.2 Å². The minimum atomic E-state index is -0.680. The van der Waals surface area contributed by atoms with Gasteiger partial charge in [0.05, 0.1) is 12.8 Å². The van der Waals surface area contributed by atoms with Crippen LogP contribution in [0.2, 0.25) is 0 Å². The van der Waals surface area contributed by atoms with E-state index in [1.54, 1.807) is 6.20 Å². The van der Waals surface area contributed by atoms with Crippen molar-refractivity contribution in [1.82, 2.24) is 4.98 Å². The van der Waals surface area contributed by atoms with Gasteiger partial charge in [0, 0.05) is 20.8 Å². The fourth-order valence-electron chi connectivity index (χ4n) is 1.81. The summed E-state index contributed by atoms with van der Waals surface area (Å²) in [4.78, 5) is 16.4. The number of benzene rings is 1. The maximum atomic E-state index is 12.1. The summed E-state index contributed by atoms with van der Waals surface area (Å²) in [5.41, 5.74) is 2.55. The van der Waals surface area contributed by atoms with Crippen molar-refractivity contribution in [1.29, 1.82) is 0 Å². The molecule has 1 aromatic carbocycles. The molecule has 0 aliphatic heterocycles. The molecule has 1 heterocycles. The van der Waals surface area contributed by atoms with E-state index in [2.05, 4.69) is 42.2 Å². The van der Waals surface area contributed by atoms with E-state index in [9.17, 15) is 4.79 Å². The quantitative estimate of drug-likeness (QED) is 0.761. The Labute approximate surface area is 140 Å². The molecule has 0 amide bonds. The third-order valence-electron chi connectivity index (χ3n) is 2.91. The largest absolute Gasteiger partial charge is 0.467 e. The van der Waals surface area contributed by atoms with E-state index in [-0.39, 0.29) is 0 Å². The maximum absolute atomic E-state index is 12.1. The van der Waals surface area contributed by atoms with E-state index in [1.807, 2.05) is 37.3 Å². The Hall–Kier alpha value is -1.40. The molecule has 0 spiro atoms. The van der Waals surface area contributed by atoms with Crippen LogP contribution in [0, 0.1) is 6.92 Å². The van der Waals surface area contributed by atoms with Crippen LogP contribution in [0.4, 0.5) is 5.69 Å². The van der Waals surface area contributed by atoms with E-state index in [0.29, 0.717) is 5.69 Å². The van der Waals surface area contributed by atoms with Gasteiger partial charge in [-0.25, -0.2) is 4.79 Å². The Morgan fingerprint density at radius 2 is 1.95 bits per heavy atom. The highest BCUT2D eigenvalue weighted by Gasteiger charge is 2.25. The van der Waals surface area contributed by atoms with Crippen LogP contribution in [-0.4, -0.2) is 18.1 Å². The molecule has 0 aliphatic rings. The number of nitrogens with zero attached hydrogens (tertiary/aromatic N) is 1. The van der Waals surface area contributed by atoms with Crippen LogP contribution in [0.1, 0.15) is 17.3 Å². The lowest BCUT2D eigenvalue weighted by molar-refractivity contribution is -0.141. The summed E-state index contributed by atoms with van der Waals surface area (Å²) >= 11 is 6.78. The molecule has 2 aromatic rings. The highest BCUT2D eigenvalue weighted by atomic mass is 79.9. The van der Waals surface area contributed by atoms with Crippen LogP contribution in [0.3, 0.4) is 0 Å². The Balaban J connectivity index is 2.34. The maximum Gasteiger partial charge on any atom is 0.334 e. The lowest BCUT2D eigenvalue weighted by Gasteiger charge is -2.18. The lowest BCUT2D eigenvalue weighted by atomic mass is 10.1. The number of anilines is 1. The molecule has 1 aromatic heterocycles. The monoisotopic (exact) mass is 412 g/mol. The normalized spacial score (nSPS) is 11.8. The number of hydrogen-bond donors (Lipinski definition) is 1. The summed E-state index contributed by atoms with van der Waals surface area (Å²) in [7, 11) is 1.36. The van der Waals surface area contributed by atoms with Crippen molar-refractivity contribution in [2.75, 3.05) is 12.4 Å². The van der Waals surface area contributed by atoms with Crippen LogP contribution >= 0.6 is 31.9 Å². The third kappa shape index (κ3) is 4.04. The van der Waals surface area contributed by atoms with Crippen LogP contribution in [0.5, 0.6) is 0 Å². The zero-order chi connectivity index (χ0) is 15.4. The van der Waals surface area contributed by atoms with Gasteiger partial charge in [-0.1, -0.05) is 17.7 Å². The number of esters is 1. The average molecular weight is 414 g/mol. The van der Waals surface area contributed by atoms with Crippen molar-refractivity contribution in [3.8, 4) is 0 Å². The number of pyridine rings is 1. The standard InChI is InChI=1S/C15H14Br2N2O2/c1-9-3-5-11(6-4-9)19-14(15(20)21-2)13-12(17)7-10(16)8-18-13/h3-8,14,19H,1-2H3. The number of rotatable bonds is 4. The summed E-state index contributed by atoms with van der Waals surface area (Å²) in [6.07, 6.45) is 1.65. The van der Waals surface area contributed by atoms with E-state index < -0.39 is 12.0 Å². The van der Waals surface area contributed by atoms with Crippen molar-refractivity contribution in [3.05, 3.63) is 56.7 Å². The van der Waals surface area contributed by atoms with Crippen LogP contribution < -0.4 is 5.32 Å². The Morgan fingerprint density at radius 1 is 1.29 bits per heavy atom. The number of nitrogens with one attached hydrogen (secondary N) is 1. The molecule has 0 radical (unpaired) electrons. The van der Waals surface area contributed by atoms with Gasteiger partial charge >= 0.3 is 5.97 Å². The Bertz CT molecular complexity index is 645. The fraction of sp³-hybridized carbons (Fsp3) is 0.200. The van der Waals surface area contributed by atoms with Crippen molar-refractivity contribution < 1.29 is 9.53 Å². The second-order valence-corrected chi connectivity index (χ2v) is 6.26. The first-order valence-electron chi connectivity index (χ1n) is 6.23. The van der Waals surface area contributed by atoms with Crippen molar-refractivity contribution in [3.63, 3.8) is 0 Å². The first-order valence-corrected chi connectivity index (χ1v) is 7.82. The molecule has 21 heavy (non-hydrogen) atoms. The summed E-state index contributed by atoms with van der Waals surface area (Å²) in [5, 5.41) is 3.15. The van der Waals surface area contributed by atoms with Crippen LogP contribution in [0.15, 0.2) is 45.5 Å². The summed E-state index contributed by atoms with van der Waals surface area (Å²) in [5.74, 6) is -0.397. The summed E-state index contributed by atoms with van der Waals surface area (Å²) < 4.78 is 6.43. The summed E-state index contributed by atoms with van der Waals surface area (Å²) in [6, 6.07) is 8.94. The molecule has 0 bridgehead atoms. The second kappa shape index (κ2) is 7.04. The molecule has 1 unspecified atom stereocenters. The lowest BCUT2D eigenvalue weighted by Crippen LogP contribution is -2.23. The molecule has 0 saturated heterocycles. The number of hydrogen-bond acceptors (Lipinski definition) is 4. The average Bonchev–Trinajstić information content (AvgIpc) is 2.47. The van der Waals surface area contributed by atoms with Crippen molar-refractivity contribution in [2.45, 2.75) is 13.0 Å². The predicted octanol–water partition coefficient (Wildman–Crippen LogP) is 4.24. The van der Waals surface area contributed by atoms with E-state index >= 15 is 0 Å². The number of carbonyl (C=O) groups is 1. The van der Waals surface area contributed by atoms with Crippen molar-refractivity contribution >= 4 is 43.5 Å². The van der Waals surface area contributed by atoms with Gasteiger partial charge in [0.1, 0.15) is 0 Å². The van der Waals surface area contributed by atoms with Gasteiger partial charge in [-0.2, -0.15) is 0 Å². The molecule has 4 nitrogen and oxygen atoms in total. The van der Waals surface area contributed by atoms with Crippen LogP contribution in [0.25, 0.3) is 0 Å². The van der Waals surface area contributed by atoms with Gasteiger partial charge in [0.15, 0.2) is 6.04 Å². The SMILES string of the molecule is COC(=O)C(Nc1ccc(C)cc1)c1ncc(Br)cc1Br. The number of aromatic nitrogens is 1. The molecular weight excluding hydrogens is 400 g/mol. The Kier molecular flexibility index (Phi) is 5.36. The van der Waals surface area contributed by atoms with Gasteiger partial charge in [0.2, 0.25) is 0 Å². The van der Waals surface area contributed by atoms with Gasteiger partial charge < -0.3 is 10.1 Å². The molecule has 1 atom stereocenters. The number of methoxy groups -OCH3 is 1. The number of carbonyl (C=O) groups excluding carboxylic acids is 1. The number of halogens is 2. The van der Waals surface area contributed by atoms with Crippen molar-refractivity contribution in [2.24, 2.45) is 0 Å². The summed E-state index contributed by atoms with van der Waals surface area (Å²) in [6.45, 7) is 2.01. The number of ether oxygens (including phenoxy) is 1. The fourth-order valence-corrected chi connectivity index (χ4v) is 3.03. The third-order valence-corrected chi connectivity index (χ3v) is 3.98. The van der Waals surface area contributed by atoms with Crippen LogP contribution in [-0.2, 0) is 9.53 Å². The topological polar surface area (TPSA) is 51.2 Å². The molecule has 0 fully saturated rings. The molecule has 1 N–H and O–H groups in total. The smallest absolute Gasteiger partial charge is 0.334 e. The molecule has 110 valence electrons. The zero-order valence-electron chi connectivity index (χ0n) is 11.6. The number of aryl methyl sites for hydroxylation is 1.